The van der Waals surface area contributed by atoms with E-state index in [1.165, 1.54) is 0 Å². The van der Waals surface area contributed by atoms with Crippen molar-refractivity contribution >= 4 is 46.3 Å². The molecule has 0 aromatic carbocycles. The second kappa shape index (κ2) is 11.2. The highest BCUT2D eigenvalue weighted by atomic mass is 32.2. The monoisotopic (exact) mass is 522 g/mol. The maximum Gasteiger partial charge on any atom is 0.290 e. The number of aromatic nitrogens is 3. The van der Waals surface area contributed by atoms with Gasteiger partial charge in [-0.3, -0.25) is 19.9 Å². The molecule has 2 fully saturated rings. The highest BCUT2D eigenvalue weighted by Gasteiger charge is 2.26. The van der Waals surface area contributed by atoms with Gasteiger partial charge in [-0.2, -0.15) is 16.3 Å². The van der Waals surface area contributed by atoms with Gasteiger partial charge in [-0.05, 0) is 66.7 Å². The van der Waals surface area contributed by atoms with E-state index in [0.717, 1.165) is 67.7 Å². The van der Waals surface area contributed by atoms with Crippen molar-refractivity contribution in [3.8, 4) is 17.1 Å². The lowest BCUT2D eigenvalue weighted by Crippen LogP contribution is -2.38. The topological polar surface area (TPSA) is 109 Å². The molecule has 2 saturated heterocycles. The number of rotatable bonds is 8. The van der Waals surface area contributed by atoms with Crippen LogP contribution in [0.25, 0.3) is 17.3 Å². The molecule has 5 heterocycles. The zero-order valence-electron chi connectivity index (χ0n) is 19.8. The molecular weight excluding hydrogens is 496 g/mol. The summed E-state index contributed by atoms with van der Waals surface area (Å²) in [5.41, 5.74) is 3.74. The predicted octanol–water partition coefficient (Wildman–Crippen LogP) is 3.94. The first-order chi connectivity index (χ1) is 17.6. The highest BCUT2D eigenvalue weighted by molar-refractivity contribution is 8.18. The first-order valence-electron chi connectivity index (χ1n) is 11.7. The lowest BCUT2D eigenvalue weighted by molar-refractivity contribution is -0.115. The third-order valence-corrected chi connectivity index (χ3v) is 7.59. The van der Waals surface area contributed by atoms with Gasteiger partial charge in [0.2, 0.25) is 11.8 Å². The molecule has 3 aromatic rings. The molecule has 0 bridgehead atoms. The summed E-state index contributed by atoms with van der Waals surface area (Å²) in [5.74, 6) is 1.13. The fraction of sp³-hybridized carbons (Fsp3) is 0.320. The SMILES string of the molecule is COc1cc(/C=C2\SC(=O)NC2=O)nc(N2CCC(CNCc3cccc(-c4ccsc4)n3)CC2)n1. The van der Waals surface area contributed by atoms with Gasteiger partial charge in [0, 0.05) is 36.6 Å². The van der Waals surface area contributed by atoms with Crippen LogP contribution in [0.2, 0.25) is 0 Å². The summed E-state index contributed by atoms with van der Waals surface area (Å²) in [6.07, 6.45) is 3.62. The average Bonchev–Trinajstić information content (AvgIpc) is 3.54. The minimum absolute atomic E-state index is 0.312. The van der Waals surface area contributed by atoms with E-state index in [4.69, 9.17) is 9.72 Å². The van der Waals surface area contributed by atoms with Crippen LogP contribution in [0.15, 0.2) is 46.0 Å². The van der Waals surface area contributed by atoms with Crippen LogP contribution in [0.1, 0.15) is 24.2 Å². The lowest BCUT2D eigenvalue weighted by Gasteiger charge is -2.32. The Balaban J connectivity index is 1.16. The smallest absolute Gasteiger partial charge is 0.290 e. The minimum Gasteiger partial charge on any atom is -0.481 e. The number of nitrogens with one attached hydrogen (secondary N) is 2. The van der Waals surface area contributed by atoms with E-state index in [1.807, 2.05) is 6.07 Å². The number of ether oxygens (including phenoxy) is 1. The van der Waals surface area contributed by atoms with Gasteiger partial charge in [0.15, 0.2) is 0 Å². The van der Waals surface area contributed by atoms with Crippen LogP contribution in [-0.2, 0) is 11.3 Å². The van der Waals surface area contributed by atoms with Crippen molar-refractivity contribution in [3.63, 3.8) is 0 Å². The maximum absolute atomic E-state index is 11.9. The predicted molar refractivity (Wildman–Crippen MR) is 142 cm³/mol. The summed E-state index contributed by atoms with van der Waals surface area (Å²) in [6.45, 7) is 3.32. The van der Waals surface area contributed by atoms with Crippen molar-refractivity contribution in [2.45, 2.75) is 19.4 Å². The molecule has 2 aliphatic heterocycles. The molecule has 0 radical (unpaired) electrons. The molecule has 0 aliphatic carbocycles. The number of hydrogen-bond donors (Lipinski definition) is 2. The number of amides is 2. The van der Waals surface area contributed by atoms with Gasteiger partial charge >= 0.3 is 0 Å². The van der Waals surface area contributed by atoms with E-state index in [2.05, 4.69) is 54.5 Å². The maximum atomic E-state index is 11.9. The Morgan fingerprint density at radius 1 is 1.19 bits per heavy atom. The average molecular weight is 523 g/mol. The van der Waals surface area contributed by atoms with E-state index >= 15 is 0 Å². The molecule has 2 aliphatic rings. The van der Waals surface area contributed by atoms with Gasteiger partial charge in [-0.25, -0.2) is 4.98 Å². The molecule has 0 unspecified atom stereocenters. The van der Waals surface area contributed by atoms with Crippen LogP contribution in [0.5, 0.6) is 5.88 Å². The third-order valence-electron chi connectivity index (χ3n) is 6.10. The van der Waals surface area contributed by atoms with Gasteiger partial charge in [0.25, 0.3) is 11.1 Å². The Morgan fingerprint density at radius 2 is 2.06 bits per heavy atom. The molecular formula is C25H26N6O3S2. The van der Waals surface area contributed by atoms with E-state index < -0.39 is 5.91 Å². The second-order valence-corrected chi connectivity index (χ2v) is 10.4. The summed E-state index contributed by atoms with van der Waals surface area (Å²) in [5, 5.41) is 9.63. The van der Waals surface area contributed by atoms with Crippen LogP contribution >= 0.6 is 23.1 Å². The fourth-order valence-corrected chi connectivity index (χ4v) is 5.51. The number of pyridine rings is 1. The standard InChI is InChI=1S/C25H26N6O3S2/c1-34-22-12-19(11-21-23(32)30-25(33)36-21)28-24(29-22)31-8-5-16(6-9-31)13-26-14-18-3-2-4-20(27-18)17-7-10-35-15-17/h2-4,7,10-12,15-16,26H,5-6,8-9,13-14H2,1H3,(H,30,32,33)/b21-11-. The summed E-state index contributed by atoms with van der Waals surface area (Å²) >= 11 is 2.54. The molecule has 11 heteroatoms. The summed E-state index contributed by atoms with van der Waals surface area (Å²) < 4.78 is 5.35. The number of carbonyl (C=O) groups excluding carboxylic acids is 2. The molecule has 36 heavy (non-hydrogen) atoms. The van der Waals surface area contributed by atoms with Crippen molar-refractivity contribution < 1.29 is 14.3 Å². The highest BCUT2D eigenvalue weighted by Crippen LogP contribution is 2.28. The van der Waals surface area contributed by atoms with Crippen molar-refractivity contribution in [2.24, 2.45) is 5.92 Å². The molecule has 0 spiro atoms. The first-order valence-corrected chi connectivity index (χ1v) is 13.5. The number of thioether (sulfide) groups is 1. The summed E-state index contributed by atoms with van der Waals surface area (Å²) in [6, 6.07) is 9.91. The van der Waals surface area contributed by atoms with Crippen molar-refractivity contribution in [3.05, 3.63) is 57.4 Å². The molecule has 0 saturated carbocycles. The van der Waals surface area contributed by atoms with Crippen molar-refractivity contribution in [2.75, 3.05) is 31.6 Å². The van der Waals surface area contributed by atoms with Crippen LogP contribution in [-0.4, -0.2) is 52.8 Å². The van der Waals surface area contributed by atoms with E-state index in [9.17, 15) is 9.59 Å². The van der Waals surface area contributed by atoms with Gasteiger partial charge < -0.3 is 15.0 Å². The molecule has 186 valence electrons. The Kier molecular flexibility index (Phi) is 7.59. The lowest BCUT2D eigenvalue weighted by atomic mass is 9.97. The van der Waals surface area contributed by atoms with Crippen molar-refractivity contribution in [1.29, 1.82) is 0 Å². The number of imide groups is 1. The molecule has 5 rings (SSSR count). The molecule has 2 N–H and O–H groups in total. The fourth-order valence-electron chi connectivity index (χ4n) is 4.20. The van der Waals surface area contributed by atoms with Crippen molar-refractivity contribution in [1.82, 2.24) is 25.6 Å². The molecule has 2 amide bonds. The molecule has 3 aromatic heterocycles. The minimum atomic E-state index is -0.411. The van der Waals surface area contributed by atoms with Crippen LogP contribution in [0.4, 0.5) is 10.7 Å². The number of piperidine rings is 1. The number of carbonyl (C=O) groups is 2. The van der Waals surface area contributed by atoms with Gasteiger partial charge in [0.05, 0.1) is 29.1 Å². The second-order valence-electron chi connectivity index (χ2n) is 8.57. The van der Waals surface area contributed by atoms with Gasteiger partial charge in [0.1, 0.15) is 0 Å². The number of methoxy groups -OCH3 is 1. The normalized spacial score (nSPS) is 17.6. The van der Waals surface area contributed by atoms with E-state index in [0.29, 0.717) is 28.3 Å². The third kappa shape index (κ3) is 5.92. The van der Waals surface area contributed by atoms with Gasteiger partial charge in [-0.1, -0.05) is 6.07 Å². The quantitative estimate of drug-likeness (QED) is 0.425. The van der Waals surface area contributed by atoms with Crippen LogP contribution in [0.3, 0.4) is 0 Å². The summed E-state index contributed by atoms with van der Waals surface area (Å²) in [7, 11) is 1.55. The zero-order valence-corrected chi connectivity index (χ0v) is 21.4. The number of nitrogens with zero attached hydrogens (tertiary/aromatic N) is 4. The zero-order chi connectivity index (χ0) is 24.9. The Hall–Kier alpha value is -3.28. The number of anilines is 1. The Bertz CT molecular complexity index is 1270. The summed E-state index contributed by atoms with van der Waals surface area (Å²) in [4.78, 5) is 39.7. The van der Waals surface area contributed by atoms with Gasteiger partial charge in [-0.15, -0.1) is 0 Å². The molecule has 9 nitrogen and oxygen atoms in total. The van der Waals surface area contributed by atoms with E-state index in [-0.39, 0.29) is 5.24 Å². The molecule has 0 atom stereocenters. The first kappa shape index (κ1) is 24.4. The number of thiophene rings is 1. The van der Waals surface area contributed by atoms with Crippen LogP contribution in [0, 0.1) is 5.92 Å². The Morgan fingerprint density at radius 3 is 2.78 bits per heavy atom. The van der Waals surface area contributed by atoms with E-state index in [1.54, 1.807) is 30.6 Å². The Labute approximate surface area is 217 Å². The number of hydrogen-bond acceptors (Lipinski definition) is 10. The largest absolute Gasteiger partial charge is 0.481 e. The van der Waals surface area contributed by atoms with Crippen LogP contribution < -0.4 is 20.3 Å².